The average Bonchev–Trinajstić information content (AvgIpc) is 3.24. The van der Waals surface area contributed by atoms with Crippen molar-refractivity contribution in [1.82, 2.24) is 0 Å². The van der Waals surface area contributed by atoms with E-state index in [2.05, 4.69) is 4.99 Å². The Labute approximate surface area is 208 Å². The highest BCUT2D eigenvalue weighted by Gasteiger charge is 2.25. The molecule has 0 aromatic heterocycles. The molecule has 0 radical (unpaired) electrons. The van der Waals surface area contributed by atoms with Crippen LogP contribution in [0.4, 0.5) is 0 Å². The fourth-order valence-electron chi connectivity index (χ4n) is 3.31. The van der Waals surface area contributed by atoms with Crippen LogP contribution in [0.15, 0.2) is 77.4 Å². The fourth-order valence-corrected chi connectivity index (χ4v) is 3.53. The molecular formula is C27H24ClNO6. The van der Waals surface area contributed by atoms with Gasteiger partial charge in [-0.1, -0.05) is 29.8 Å². The highest BCUT2D eigenvalue weighted by molar-refractivity contribution is 6.34. The number of hydrogen-bond acceptors (Lipinski definition) is 7. The van der Waals surface area contributed by atoms with Crippen LogP contribution in [0.1, 0.15) is 17.5 Å². The Hall–Kier alpha value is -3.97. The topological polar surface area (TPSA) is 75.6 Å². The molecule has 8 heteroatoms. The number of carbonyl (C=O) groups excluding carboxylic acids is 1. The van der Waals surface area contributed by atoms with Gasteiger partial charge in [-0.15, -0.1) is 0 Å². The van der Waals surface area contributed by atoms with E-state index in [0.717, 1.165) is 11.5 Å². The maximum Gasteiger partial charge on any atom is 0.363 e. The van der Waals surface area contributed by atoms with Crippen molar-refractivity contribution in [1.29, 1.82) is 0 Å². The van der Waals surface area contributed by atoms with Crippen LogP contribution in [0.5, 0.6) is 23.0 Å². The number of hydrogen-bond donors (Lipinski definition) is 0. The number of cyclic esters (lactones) is 1. The monoisotopic (exact) mass is 493 g/mol. The molecule has 0 bridgehead atoms. The van der Waals surface area contributed by atoms with Crippen LogP contribution in [0.3, 0.4) is 0 Å². The van der Waals surface area contributed by atoms with Gasteiger partial charge in [-0.05, 0) is 60.2 Å². The van der Waals surface area contributed by atoms with E-state index in [4.69, 9.17) is 35.3 Å². The molecule has 1 aliphatic rings. The highest BCUT2D eigenvalue weighted by Crippen LogP contribution is 2.30. The third-order valence-electron chi connectivity index (χ3n) is 5.09. The molecule has 0 N–H and O–H groups in total. The lowest BCUT2D eigenvalue weighted by Gasteiger charge is -2.12. The summed E-state index contributed by atoms with van der Waals surface area (Å²) in [6.07, 6.45) is 2.31. The number of carbonyl (C=O) groups is 1. The molecule has 3 aromatic rings. The zero-order chi connectivity index (χ0) is 24.6. The first-order valence-corrected chi connectivity index (χ1v) is 11.3. The molecule has 0 saturated carbocycles. The summed E-state index contributed by atoms with van der Waals surface area (Å²) in [5.41, 5.74) is 1.45. The number of esters is 1. The van der Waals surface area contributed by atoms with Crippen molar-refractivity contribution < 1.29 is 28.5 Å². The van der Waals surface area contributed by atoms with E-state index in [9.17, 15) is 4.79 Å². The van der Waals surface area contributed by atoms with Crippen molar-refractivity contribution in [3.8, 4) is 23.0 Å². The van der Waals surface area contributed by atoms with Crippen molar-refractivity contribution in [2.75, 3.05) is 27.4 Å². The number of benzene rings is 3. The Balaban J connectivity index is 1.36. The van der Waals surface area contributed by atoms with E-state index in [-0.39, 0.29) is 11.6 Å². The smallest absolute Gasteiger partial charge is 0.363 e. The minimum Gasteiger partial charge on any atom is -0.497 e. The third kappa shape index (κ3) is 6.13. The first kappa shape index (κ1) is 24.2. The van der Waals surface area contributed by atoms with Crippen molar-refractivity contribution >= 4 is 29.5 Å². The standard InChI is InChI=1S/C27H24ClNO6/c1-31-19-9-11-20(12-10-19)33-14-5-15-34-24-13-8-18(17-25(24)32-2)16-23-27(30)35-26(29-23)21-6-3-4-7-22(21)28/h3-4,6-13,16-17H,5,14-15H2,1-2H3. The Kier molecular flexibility index (Phi) is 7.90. The SMILES string of the molecule is COc1ccc(OCCCOc2ccc(C=C3N=C(c4ccccc4Cl)OC3=O)cc2OC)cc1. The van der Waals surface area contributed by atoms with Gasteiger partial charge in [0.1, 0.15) is 11.5 Å². The van der Waals surface area contributed by atoms with E-state index in [1.807, 2.05) is 30.3 Å². The van der Waals surface area contributed by atoms with Crippen molar-refractivity contribution in [2.24, 2.45) is 4.99 Å². The Morgan fingerprint density at radius 1 is 0.886 bits per heavy atom. The minimum atomic E-state index is -0.545. The van der Waals surface area contributed by atoms with Crippen LogP contribution < -0.4 is 18.9 Å². The molecule has 0 saturated heterocycles. The van der Waals surface area contributed by atoms with Gasteiger partial charge in [0.15, 0.2) is 17.2 Å². The quantitative estimate of drug-likeness (QED) is 0.209. The highest BCUT2D eigenvalue weighted by atomic mass is 35.5. The van der Waals surface area contributed by atoms with Crippen LogP contribution in [-0.2, 0) is 9.53 Å². The summed E-state index contributed by atoms with van der Waals surface area (Å²) in [5.74, 6) is 2.31. The summed E-state index contributed by atoms with van der Waals surface area (Å²) in [6.45, 7) is 0.956. The first-order valence-electron chi connectivity index (χ1n) is 10.9. The Bertz CT molecular complexity index is 1250. The van der Waals surface area contributed by atoms with E-state index >= 15 is 0 Å². The molecule has 0 spiro atoms. The van der Waals surface area contributed by atoms with Gasteiger partial charge in [0.2, 0.25) is 5.90 Å². The van der Waals surface area contributed by atoms with Crippen LogP contribution in [0.2, 0.25) is 5.02 Å². The molecule has 0 aliphatic carbocycles. The molecule has 4 rings (SSSR count). The van der Waals surface area contributed by atoms with Gasteiger partial charge in [0.05, 0.1) is 38.0 Å². The minimum absolute atomic E-state index is 0.173. The summed E-state index contributed by atoms with van der Waals surface area (Å²) in [4.78, 5) is 16.6. The zero-order valence-electron chi connectivity index (χ0n) is 19.3. The van der Waals surface area contributed by atoms with E-state index < -0.39 is 5.97 Å². The van der Waals surface area contributed by atoms with Crippen molar-refractivity contribution in [3.63, 3.8) is 0 Å². The average molecular weight is 494 g/mol. The largest absolute Gasteiger partial charge is 0.497 e. The van der Waals surface area contributed by atoms with Gasteiger partial charge in [-0.2, -0.15) is 0 Å². The van der Waals surface area contributed by atoms with Crippen LogP contribution >= 0.6 is 11.6 Å². The second-order valence-corrected chi connectivity index (χ2v) is 7.86. The lowest BCUT2D eigenvalue weighted by molar-refractivity contribution is -0.129. The molecular weight excluding hydrogens is 470 g/mol. The first-order chi connectivity index (χ1) is 17.1. The van der Waals surface area contributed by atoms with Gasteiger partial charge >= 0.3 is 5.97 Å². The molecule has 3 aromatic carbocycles. The summed E-state index contributed by atoms with van der Waals surface area (Å²) in [7, 11) is 3.18. The number of ether oxygens (including phenoxy) is 5. The molecule has 1 aliphatic heterocycles. The number of halogens is 1. The molecule has 180 valence electrons. The number of nitrogens with zero attached hydrogens (tertiary/aromatic N) is 1. The second kappa shape index (κ2) is 11.4. The predicted octanol–water partition coefficient (Wildman–Crippen LogP) is 5.55. The van der Waals surface area contributed by atoms with E-state index in [1.54, 1.807) is 56.7 Å². The molecule has 0 atom stereocenters. The summed E-state index contributed by atoms with van der Waals surface area (Å²) < 4.78 is 27.5. The van der Waals surface area contributed by atoms with Crippen LogP contribution in [0.25, 0.3) is 6.08 Å². The van der Waals surface area contributed by atoms with Gasteiger partial charge in [-0.3, -0.25) is 0 Å². The van der Waals surface area contributed by atoms with Crippen LogP contribution in [0, 0.1) is 0 Å². The van der Waals surface area contributed by atoms with Gasteiger partial charge in [0, 0.05) is 6.42 Å². The number of methoxy groups -OCH3 is 2. The van der Waals surface area contributed by atoms with Crippen molar-refractivity contribution in [3.05, 3.63) is 88.6 Å². The van der Waals surface area contributed by atoms with Crippen LogP contribution in [-0.4, -0.2) is 39.3 Å². The Morgan fingerprint density at radius 3 is 2.37 bits per heavy atom. The predicted molar refractivity (Wildman–Crippen MR) is 134 cm³/mol. The maximum absolute atomic E-state index is 12.3. The van der Waals surface area contributed by atoms with Gasteiger partial charge in [0.25, 0.3) is 0 Å². The van der Waals surface area contributed by atoms with Gasteiger partial charge in [-0.25, -0.2) is 9.79 Å². The zero-order valence-corrected chi connectivity index (χ0v) is 20.1. The lowest BCUT2D eigenvalue weighted by atomic mass is 10.1. The molecule has 0 fully saturated rings. The molecule has 1 heterocycles. The number of aliphatic imine (C=N–C) groups is 1. The normalized spacial score (nSPS) is 13.9. The summed E-state index contributed by atoms with van der Waals surface area (Å²) in [5, 5.41) is 0.456. The molecule has 0 amide bonds. The molecule has 0 unspecified atom stereocenters. The second-order valence-electron chi connectivity index (χ2n) is 7.45. The maximum atomic E-state index is 12.3. The van der Waals surface area contributed by atoms with E-state index in [0.29, 0.717) is 47.3 Å². The van der Waals surface area contributed by atoms with Gasteiger partial charge < -0.3 is 23.7 Å². The Morgan fingerprint density at radius 2 is 1.63 bits per heavy atom. The molecule has 7 nitrogen and oxygen atoms in total. The third-order valence-corrected chi connectivity index (χ3v) is 5.42. The fraction of sp³-hybridized carbons (Fsp3) is 0.185. The van der Waals surface area contributed by atoms with E-state index in [1.165, 1.54) is 0 Å². The molecule has 35 heavy (non-hydrogen) atoms. The van der Waals surface area contributed by atoms with Crippen molar-refractivity contribution in [2.45, 2.75) is 6.42 Å². The summed E-state index contributed by atoms with van der Waals surface area (Å²) in [6, 6.07) is 19.8. The number of rotatable bonds is 10. The summed E-state index contributed by atoms with van der Waals surface area (Å²) >= 11 is 6.19. The lowest BCUT2D eigenvalue weighted by Crippen LogP contribution is -2.06.